The fourth-order valence-corrected chi connectivity index (χ4v) is 2.64. The Morgan fingerprint density at radius 1 is 1.10 bits per heavy atom. The second kappa shape index (κ2) is 6.01. The van der Waals surface area contributed by atoms with Gasteiger partial charge in [0.15, 0.2) is 0 Å². The van der Waals surface area contributed by atoms with Crippen molar-refractivity contribution in [3.63, 3.8) is 0 Å². The zero-order valence-corrected chi connectivity index (χ0v) is 11.7. The Morgan fingerprint density at radius 2 is 1.85 bits per heavy atom. The Morgan fingerprint density at radius 3 is 2.60 bits per heavy atom. The third kappa shape index (κ3) is 2.96. The number of hydrogen-bond donors (Lipinski definition) is 0. The first-order valence-electron chi connectivity index (χ1n) is 6.99. The quantitative estimate of drug-likeness (QED) is 0.855. The first-order valence-corrected chi connectivity index (χ1v) is 6.99. The number of fused-ring (bicyclic) bond motifs is 1. The fraction of sp³-hybridized carbons (Fsp3) is 0.375. The molecule has 0 unspecified atom stereocenters. The molecule has 0 radical (unpaired) electrons. The van der Waals surface area contributed by atoms with Gasteiger partial charge in [-0.25, -0.2) is 9.97 Å². The van der Waals surface area contributed by atoms with Crippen LogP contribution in [0.3, 0.4) is 0 Å². The third-order valence-corrected chi connectivity index (χ3v) is 3.79. The highest BCUT2D eigenvalue weighted by Gasteiger charge is 2.15. The van der Waals surface area contributed by atoms with Gasteiger partial charge in [-0.15, -0.1) is 0 Å². The van der Waals surface area contributed by atoms with Crippen LogP contribution < -0.4 is 4.74 Å². The summed E-state index contributed by atoms with van der Waals surface area (Å²) in [5.41, 5.74) is 2.84. The number of ether oxygens (including phenoxy) is 1. The van der Waals surface area contributed by atoms with E-state index < -0.39 is 0 Å². The number of nitrogens with zero attached hydrogens (tertiary/aromatic N) is 3. The zero-order valence-electron chi connectivity index (χ0n) is 11.7. The molecular weight excluding hydrogens is 250 g/mol. The summed E-state index contributed by atoms with van der Waals surface area (Å²) in [5.74, 6) is 1.85. The van der Waals surface area contributed by atoms with Crippen LogP contribution in [0.1, 0.15) is 17.0 Å². The molecule has 0 fully saturated rings. The molecule has 104 valence electrons. The lowest BCUT2D eigenvalue weighted by molar-refractivity contribution is 0.272. The van der Waals surface area contributed by atoms with Gasteiger partial charge in [-0.3, -0.25) is 4.90 Å². The van der Waals surface area contributed by atoms with E-state index in [2.05, 4.69) is 33.1 Å². The minimum Gasteiger partial charge on any atom is -0.497 e. The molecule has 0 aliphatic carbocycles. The lowest BCUT2D eigenvalue weighted by atomic mass is 10.0. The zero-order chi connectivity index (χ0) is 13.8. The molecular formula is C16H19N3O. The maximum Gasteiger partial charge on any atom is 0.142 e. The van der Waals surface area contributed by atoms with Crippen molar-refractivity contribution in [2.45, 2.75) is 19.4 Å². The largest absolute Gasteiger partial charge is 0.497 e. The van der Waals surface area contributed by atoms with Gasteiger partial charge in [-0.05, 0) is 42.2 Å². The van der Waals surface area contributed by atoms with Crippen LogP contribution >= 0.6 is 0 Å². The second-order valence-corrected chi connectivity index (χ2v) is 5.08. The second-order valence-electron chi connectivity index (χ2n) is 5.08. The van der Waals surface area contributed by atoms with Crippen LogP contribution in [0, 0.1) is 0 Å². The van der Waals surface area contributed by atoms with Crippen LogP contribution in [-0.2, 0) is 19.4 Å². The molecule has 4 heteroatoms. The molecule has 0 saturated carbocycles. The van der Waals surface area contributed by atoms with Gasteiger partial charge in [-0.1, -0.05) is 6.07 Å². The van der Waals surface area contributed by atoms with Crippen molar-refractivity contribution in [1.82, 2.24) is 14.9 Å². The predicted octanol–water partition coefficient (Wildman–Crippen LogP) is 2.09. The van der Waals surface area contributed by atoms with Crippen LogP contribution in [0.25, 0.3) is 0 Å². The van der Waals surface area contributed by atoms with Gasteiger partial charge in [-0.2, -0.15) is 0 Å². The average molecular weight is 269 g/mol. The molecule has 0 bridgehead atoms. The van der Waals surface area contributed by atoms with Gasteiger partial charge >= 0.3 is 0 Å². The van der Waals surface area contributed by atoms with E-state index in [0.29, 0.717) is 0 Å². The molecule has 1 aliphatic rings. The lowest BCUT2D eigenvalue weighted by Gasteiger charge is -2.18. The summed E-state index contributed by atoms with van der Waals surface area (Å²) < 4.78 is 5.31. The topological polar surface area (TPSA) is 38.2 Å². The van der Waals surface area contributed by atoms with Crippen LogP contribution in [0.15, 0.2) is 36.7 Å². The molecule has 2 aromatic rings. The molecule has 2 heterocycles. The maximum atomic E-state index is 5.31. The SMILES string of the molecule is COc1ccc2c(c1)CCN(Cc1ncccn1)CC2. The number of methoxy groups -OCH3 is 1. The summed E-state index contributed by atoms with van der Waals surface area (Å²) in [6.07, 6.45) is 5.74. The van der Waals surface area contributed by atoms with E-state index in [1.165, 1.54) is 11.1 Å². The number of benzene rings is 1. The predicted molar refractivity (Wildman–Crippen MR) is 77.7 cm³/mol. The average Bonchev–Trinajstić information content (AvgIpc) is 2.70. The van der Waals surface area contributed by atoms with Gasteiger partial charge in [0.25, 0.3) is 0 Å². The van der Waals surface area contributed by atoms with E-state index in [1.54, 1.807) is 19.5 Å². The monoisotopic (exact) mass is 269 g/mol. The molecule has 1 aromatic carbocycles. The van der Waals surface area contributed by atoms with Crippen molar-refractivity contribution in [2.24, 2.45) is 0 Å². The van der Waals surface area contributed by atoms with Crippen molar-refractivity contribution < 1.29 is 4.74 Å². The standard InChI is InChI=1S/C16H19N3O/c1-20-15-4-3-13-5-9-19(10-6-14(13)11-15)12-16-17-7-2-8-18-16/h2-4,7-8,11H,5-6,9-10,12H2,1H3. The lowest BCUT2D eigenvalue weighted by Crippen LogP contribution is -2.26. The number of aromatic nitrogens is 2. The molecule has 3 rings (SSSR count). The van der Waals surface area contributed by atoms with Crippen molar-refractivity contribution in [3.05, 3.63) is 53.6 Å². The Hall–Kier alpha value is -1.94. The maximum absolute atomic E-state index is 5.31. The summed E-state index contributed by atoms with van der Waals surface area (Å²) in [6, 6.07) is 8.26. The minimum absolute atomic E-state index is 0.825. The molecule has 0 N–H and O–H groups in total. The van der Waals surface area contributed by atoms with Gasteiger partial charge < -0.3 is 4.74 Å². The van der Waals surface area contributed by atoms with Gasteiger partial charge in [0, 0.05) is 25.5 Å². The van der Waals surface area contributed by atoms with Crippen molar-refractivity contribution in [1.29, 1.82) is 0 Å². The van der Waals surface area contributed by atoms with Gasteiger partial charge in [0.2, 0.25) is 0 Å². The van der Waals surface area contributed by atoms with Crippen LogP contribution in [-0.4, -0.2) is 35.1 Å². The number of hydrogen-bond acceptors (Lipinski definition) is 4. The minimum atomic E-state index is 0.825. The first-order chi connectivity index (χ1) is 9.85. The Labute approximate surface area is 119 Å². The summed E-state index contributed by atoms with van der Waals surface area (Å²) in [4.78, 5) is 11.0. The highest BCUT2D eigenvalue weighted by Crippen LogP contribution is 2.22. The van der Waals surface area contributed by atoms with E-state index in [0.717, 1.165) is 44.0 Å². The van der Waals surface area contributed by atoms with Gasteiger partial charge in [0.05, 0.1) is 13.7 Å². The Kier molecular flexibility index (Phi) is 3.92. The molecule has 0 saturated heterocycles. The van der Waals surface area contributed by atoms with E-state index >= 15 is 0 Å². The highest BCUT2D eigenvalue weighted by atomic mass is 16.5. The first kappa shape index (κ1) is 13.1. The normalized spacial score (nSPS) is 15.4. The van der Waals surface area contributed by atoms with E-state index in [-0.39, 0.29) is 0 Å². The van der Waals surface area contributed by atoms with Gasteiger partial charge in [0.1, 0.15) is 11.6 Å². The fourth-order valence-electron chi connectivity index (χ4n) is 2.64. The summed E-state index contributed by atoms with van der Waals surface area (Å²) >= 11 is 0. The van der Waals surface area contributed by atoms with Crippen molar-refractivity contribution in [3.8, 4) is 5.75 Å². The molecule has 0 amide bonds. The van der Waals surface area contributed by atoms with E-state index in [1.807, 2.05) is 6.07 Å². The molecule has 1 aliphatic heterocycles. The molecule has 0 spiro atoms. The summed E-state index contributed by atoms with van der Waals surface area (Å²) in [7, 11) is 1.72. The Balaban J connectivity index is 1.69. The molecule has 4 nitrogen and oxygen atoms in total. The highest BCUT2D eigenvalue weighted by molar-refractivity contribution is 5.36. The molecule has 1 aromatic heterocycles. The molecule has 20 heavy (non-hydrogen) atoms. The van der Waals surface area contributed by atoms with Crippen LogP contribution in [0.4, 0.5) is 0 Å². The van der Waals surface area contributed by atoms with Crippen LogP contribution in [0.2, 0.25) is 0 Å². The smallest absolute Gasteiger partial charge is 0.142 e. The van der Waals surface area contributed by atoms with E-state index in [9.17, 15) is 0 Å². The number of rotatable bonds is 3. The Bertz CT molecular complexity index is 571. The van der Waals surface area contributed by atoms with Crippen LogP contribution in [0.5, 0.6) is 5.75 Å². The van der Waals surface area contributed by atoms with E-state index in [4.69, 9.17) is 4.74 Å². The third-order valence-electron chi connectivity index (χ3n) is 3.79. The molecule has 0 atom stereocenters. The summed E-state index contributed by atoms with van der Waals surface area (Å²) in [5, 5.41) is 0. The van der Waals surface area contributed by atoms with Crippen molar-refractivity contribution >= 4 is 0 Å². The van der Waals surface area contributed by atoms with Crippen molar-refractivity contribution in [2.75, 3.05) is 20.2 Å². The summed E-state index contributed by atoms with van der Waals surface area (Å²) in [6.45, 7) is 2.92.